The summed E-state index contributed by atoms with van der Waals surface area (Å²) < 4.78 is 0. The molecule has 8 heteroatoms. The number of thiophene rings is 1. The van der Waals surface area contributed by atoms with Crippen LogP contribution in [0.15, 0.2) is 6.33 Å². The summed E-state index contributed by atoms with van der Waals surface area (Å²) in [5, 5.41) is 7.46. The maximum Gasteiger partial charge on any atom is 0.245 e. The van der Waals surface area contributed by atoms with Crippen molar-refractivity contribution in [3.63, 3.8) is 0 Å². The average molecular weight is 472 g/mol. The van der Waals surface area contributed by atoms with Gasteiger partial charge in [-0.25, -0.2) is 9.97 Å². The van der Waals surface area contributed by atoms with E-state index in [-0.39, 0.29) is 17.7 Å². The van der Waals surface area contributed by atoms with E-state index in [2.05, 4.69) is 46.3 Å². The van der Waals surface area contributed by atoms with Crippen molar-refractivity contribution in [3.8, 4) is 0 Å². The van der Waals surface area contributed by atoms with E-state index in [9.17, 15) is 9.59 Å². The molecule has 2 amide bonds. The summed E-state index contributed by atoms with van der Waals surface area (Å²) in [5.74, 6) is 0.969. The molecule has 33 heavy (non-hydrogen) atoms. The van der Waals surface area contributed by atoms with Gasteiger partial charge in [0.25, 0.3) is 0 Å². The molecule has 0 bridgehead atoms. The van der Waals surface area contributed by atoms with Gasteiger partial charge in [-0.05, 0) is 51.5 Å². The number of anilines is 1. The fraction of sp³-hybridized carbons (Fsp3) is 0.680. The molecule has 1 aliphatic carbocycles. The van der Waals surface area contributed by atoms with Crippen LogP contribution < -0.4 is 15.5 Å². The van der Waals surface area contributed by atoms with E-state index in [0.717, 1.165) is 86.9 Å². The van der Waals surface area contributed by atoms with Crippen LogP contribution in [0.2, 0.25) is 0 Å². The normalized spacial score (nSPS) is 18.9. The Morgan fingerprint density at radius 1 is 1.15 bits per heavy atom. The van der Waals surface area contributed by atoms with E-state index in [4.69, 9.17) is 0 Å². The van der Waals surface area contributed by atoms with Gasteiger partial charge >= 0.3 is 0 Å². The molecule has 0 radical (unpaired) electrons. The predicted molar refractivity (Wildman–Crippen MR) is 134 cm³/mol. The minimum Gasteiger partial charge on any atom is -0.356 e. The van der Waals surface area contributed by atoms with Gasteiger partial charge in [-0.15, -0.1) is 11.3 Å². The molecule has 4 rings (SSSR count). The van der Waals surface area contributed by atoms with E-state index in [1.807, 2.05) is 0 Å². The lowest BCUT2D eigenvalue weighted by Gasteiger charge is -2.39. The average Bonchev–Trinajstić information content (AvgIpc) is 3.13. The summed E-state index contributed by atoms with van der Waals surface area (Å²) >= 11 is 1.71. The lowest BCUT2D eigenvalue weighted by atomic mass is 9.80. The number of aryl methyl sites for hydroxylation is 2. The molecule has 0 atom stereocenters. The first kappa shape index (κ1) is 23.9. The molecule has 2 fully saturated rings. The maximum atomic E-state index is 13.3. The quantitative estimate of drug-likeness (QED) is 0.589. The lowest BCUT2D eigenvalue weighted by Crippen LogP contribution is -2.61. The standard InChI is InChI=1S/C25H37N5O2S/c1-4-5-13-26-24(32)25(11-7-6-8-12-25)29-22(31)19-9-14-30(15-10-19)21-20-17(2)18(3)33-23(20)28-16-27-21/h16,19H,4-15H2,1-3H3,(H,26,32)(H,29,31). The molecule has 0 aromatic carbocycles. The molecule has 0 unspecified atom stereocenters. The molecule has 1 saturated heterocycles. The van der Waals surface area contributed by atoms with E-state index < -0.39 is 5.54 Å². The minimum absolute atomic E-state index is 0.00752. The number of piperidine rings is 1. The van der Waals surface area contributed by atoms with Crippen molar-refractivity contribution >= 4 is 39.2 Å². The van der Waals surface area contributed by atoms with Crippen LogP contribution in [0.4, 0.5) is 5.82 Å². The Balaban J connectivity index is 1.41. The zero-order chi connectivity index (χ0) is 23.4. The van der Waals surface area contributed by atoms with Crippen molar-refractivity contribution in [3.05, 3.63) is 16.8 Å². The minimum atomic E-state index is -0.732. The molecular weight excluding hydrogens is 434 g/mol. The molecule has 0 spiro atoms. The zero-order valence-electron chi connectivity index (χ0n) is 20.2. The topological polar surface area (TPSA) is 87.2 Å². The Bertz CT molecular complexity index is 990. The largest absolute Gasteiger partial charge is 0.356 e. The third-order valence-electron chi connectivity index (χ3n) is 7.43. The van der Waals surface area contributed by atoms with Gasteiger partial charge in [0.1, 0.15) is 22.5 Å². The summed E-state index contributed by atoms with van der Waals surface area (Å²) in [6, 6.07) is 0. The van der Waals surface area contributed by atoms with Crippen LogP contribution in [-0.4, -0.2) is 47.0 Å². The molecule has 1 saturated carbocycles. The summed E-state index contributed by atoms with van der Waals surface area (Å²) in [7, 11) is 0. The smallest absolute Gasteiger partial charge is 0.245 e. The van der Waals surface area contributed by atoms with Gasteiger partial charge in [-0.1, -0.05) is 32.6 Å². The number of hydrogen-bond acceptors (Lipinski definition) is 6. The molecule has 180 valence electrons. The van der Waals surface area contributed by atoms with Gasteiger partial charge in [-0.2, -0.15) is 0 Å². The van der Waals surface area contributed by atoms with Gasteiger partial charge in [-0.3, -0.25) is 9.59 Å². The fourth-order valence-electron chi connectivity index (χ4n) is 5.21. The zero-order valence-corrected chi connectivity index (χ0v) is 21.0. The summed E-state index contributed by atoms with van der Waals surface area (Å²) in [4.78, 5) is 40.0. The molecule has 7 nitrogen and oxygen atoms in total. The number of nitrogens with one attached hydrogen (secondary N) is 2. The van der Waals surface area contributed by atoms with Crippen molar-refractivity contribution in [2.24, 2.45) is 5.92 Å². The van der Waals surface area contributed by atoms with Crippen molar-refractivity contribution in [2.75, 3.05) is 24.5 Å². The fourth-order valence-corrected chi connectivity index (χ4v) is 6.20. The molecule has 2 aliphatic rings. The number of fused-ring (bicyclic) bond motifs is 1. The second kappa shape index (κ2) is 10.4. The SMILES string of the molecule is CCCCNC(=O)C1(NC(=O)C2CCN(c3ncnc4sc(C)c(C)c34)CC2)CCCCC1. The van der Waals surface area contributed by atoms with Crippen molar-refractivity contribution in [1.29, 1.82) is 0 Å². The predicted octanol–water partition coefficient (Wildman–Crippen LogP) is 4.26. The number of carbonyl (C=O) groups excluding carboxylic acids is 2. The first-order valence-electron chi connectivity index (χ1n) is 12.5. The number of rotatable bonds is 7. The van der Waals surface area contributed by atoms with Crippen LogP contribution in [0, 0.1) is 19.8 Å². The Labute approximate surface area is 200 Å². The third kappa shape index (κ3) is 5.00. The number of unbranched alkanes of at least 4 members (excludes halogenated alkanes) is 1. The van der Waals surface area contributed by atoms with Crippen LogP contribution in [0.25, 0.3) is 10.2 Å². The van der Waals surface area contributed by atoms with Crippen molar-refractivity contribution in [1.82, 2.24) is 20.6 Å². The van der Waals surface area contributed by atoms with Crippen LogP contribution in [-0.2, 0) is 9.59 Å². The maximum absolute atomic E-state index is 13.3. The van der Waals surface area contributed by atoms with Crippen molar-refractivity contribution < 1.29 is 9.59 Å². The van der Waals surface area contributed by atoms with E-state index in [1.165, 1.54) is 10.4 Å². The van der Waals surface area contributed by atoms with E-state index >= 15 is 0 Å². The monoisotopic (exact) mass is 471 g/mol. The first-order chi connectivity index (χ1) is 15.9. The number of aromatic nitrogens is 2. The Morgan fingerprint density at radius 3 is 2.58 bits per heavy atom. The number of hydrogen-bond donors (Lipinski definition) is 2. The van der Waals surface area contributed by atoms with Crippen LogP contribution in [0.5, 0.6) is 0 Å². The third-order valence-corrected chi connectivity index (χ3v) is 8.55. The van der Waals surface area contributed by atoms with Gasteiger partial charge in [0.15, 0.2) is 0 Å². The molecular formula is C25H37N5O2S. The number of amides is 2. The Morgan fingerprint density at radius 2 is 1.88 bits per heavy atom. The Kier molecular flexibility index (Phi) is 7.51. The van der Waals surface area contributed by atoms with Gasteiger partial charge in [0.05, 0.1) is 5.39 Å². The molecule has 2 aromatic heterocycles. The summed E-state index contributed by atoms with van der Waals surface area (Å²) in [5.41, 5.74) is 0.517. The molecule has 2 N–H and O–H groups in total. The molecule has 3 heterocycles. The van der Waals surface area contributed by atoms with Crippen LogP contribution in [0.3, 0.4) is 0 Å². The second-order valence-electron chi connectivity index (χ2n) is 9.66. The molecule has 2 aromatic rings. The summed E-state index contributed by atoms with van der Waals surface area (Å²) in [6.07, 6.45) is 9.79. The Hall–Kier alpha value is -2.22. The number of carbonyl (C=O) groups is 2. The first-order valence-corrected chi connectivity index (χ1v) is 13.3. The number of nitrogens with zero attached hydrogens (tertiary/aromatic N) is 3. The molecule has 1 aliphatic heterocycles. The van der Waals surface area contributed by atoms with Crippen molar-refractivity contribution in [2.45, 2.75) is 84.1 Å². The van der Waals surface area contributed by atoms with E-state index in [1.54, 1.807) is 17.7 Å². The van der Waals surface area contributed by atoms with E-state index in [0.29, 0.717) is 6.54 Å². The lowest BCUT2D eigenvalue weighted by molar-refractivity contribution is -0.137. The van der Waals surface area contributed by atoms with Crippen LogP contribution >= 0.6 is 11.3 Å². The highest BCUT2D eigenvalue weighted by Crippen LogP contribution is 2.36. The van der Waals surface area contributed by atoms with Gasteiger partial charge < -0.3 is 15.5 Å². The second-order valence-corrected chi connectivity index (χ2v) is 10.9. The highest BCUT2D eigenvalue weighted by Gasteiger charge is 2.42. The van der Waals surface area contributed by atoms with Crippen LogP contribution in [0.1, 0.15) is 75.2 Å². The van der Waals surface area contributed by atoms with Gasteiger partial charge in [0, 0.05) is 30.4 Å². The van der Waals surface area contributed by atoms with Gasteiger partial charge in [0.2, 0.25) is 11.8 Å². The highest BCUT2D eigenvalue weighted by molar-refractivity contribution is 7.18. The highest BCUT2D eigenvalue weighted by atomic mass is 32.1. The summed E-state index contributed by atoms with van der Waals surface area (Å²) in [6.45, 7) is 8.63.